The van der Waals surface area contributed by atoms with Crippen LogP contribution in [0.5, 0.6) is 11.5 Å². The summed E-state index contributed by atoms with van der Waals surface area (Å²) in [5.41, 5.74) is 0.634. The largest absolute Gasteiger partial charge is 0.493 e. The first-order valence-corrected chi connectivity index (χ1v) is 8.22. The van der Waals surface area contributed by atoms with E-state index >= 15 is 0 Å². The number of hydrogen-bond donors (Lipinski definition) is 1. The van der Waals surface area contributed by atoms with Crippen molar-refractivity contribution in [2.75, 3.05) is 26.9 Å². The van der Waals surface area contributed by atoms with Crippen LogP contribution in [0.2, 0.25) is 0 Å². The Morgan fingerprint density at radius 3 is 2.84 bits per heavy atom. The number of nitrogens with one attached hydrogen (secondary N) is 1. The van der Waals surface area contributed by atoms with Crippen LogP contribution >= 0.6 is 0 Å². The van der Waals surface area contributed by atoms with Gasteiger partial charge in [0, 0.05) is 19.8 Å². The van der Waals surface area contributed by atoms with E-state index in [0.29, 0.717) is 37.0 Å². The van der Waals surface area contributed by atoms with Gasteiger partial charge in [-0.1, -0.05) is 17.3 Å². The molecule has 0 aliphatic rings. The minimum absolute atomic E-state index is 0.112. The van der Waals surface area contributed by atoms with E-state index in [2.05, 4.69) is 15.6 Å². The summed E-state index contributed by atoms with van der Waals surface area (Å²) in [6.45, 7) is 4.22. The highest BCUT2D eigenvalue weighted by Gasteiger charge is 2.08. The third-order valence-electron chi connectivity index (χ3n) is 3.33. The number of ether oxygens (including phenoxy) is 3. The highest BCUT2D eigenvalue weighted by Crippen LogP contribution is 2.26. The monoisotopic (exact) mass is 348 g/mol. The fraction of sp³-hybridized carbons (Fsp3) is 0.471. The van der Waals surface area contributed by atoms with Crippen molar-refractivity contribution < 1.29 is 19.0 Å². The van der Waals surface area contributed by atoms with Crippen LogP contribution in [-0.4, -0.2) is 47.8 Å². The van der Waals surface area contributed by atoms with Gasteiger partial charge in [-0.2, -0.15) is 0 Å². The number of methoxy groups -OCH3 is 1. The summed E-state index contributed by atoms with van der Waals surface area (Å²) in [6.07, 6.45) is 2.48. The fourth-order valence-electron chi connectivity index (χ4n) is 2.12. The molecule has 0 radical (unpaired) electrons. The highest BCUT2D eigenvalue weighted by molar-refractivity contribution is 5.75. The van der Waals surface area contributed by atoms with Gasteiger partial charge in [0.05, 0.1) is 13.3 Å². The van der Waals surface area contributed by atoms with Crippen molar-refractivity contribution in [3.05, 3.63) is 36.2 Å². The van der Waals surface area contributed by atoms with E-state index in [1.807, 2.05) is 31.2 Å². The Bertz CT molecular complexity index is 660. The number of hydrogen-bond acceptors (Lipinski definition) is 6. The van der Waals surface area contributed by atoms with E-state index in [4.69, 9.17) is 14.2 Å². The quantitative estimate of drug-likeness (QED) is 0.618. The number of benzene rings is 1. The Hall–Kier alpha value is -2.61. The van der Waals surface area contributed by atoms with Crippen LogP contribution in [0.15, 0.2) is 30.5 Å². The number of nitrogens with zero attached hydrogens (tertiary/aromatic N) is 3. The van der Waals surface area contributed by atoms with Gasteiger partial charge < -0.3 is 19.5 Å². The number of aromatic nitrogens is 3. The maximum absolute atomic E-state index is 11.8. The van der Waals surface area contributed by atoms with Gasteiger partial charge in [0.1, 0.15) is 18.8 Å². The van der Waals surface area contributed by atoms with Crippen molar-refractivity contribution in [3.63, 3.8) is 0 Å². The second-order valence-electron chi connectivity index (χ2n) is 5.25. The molecule has 8 heteroatoms. The summed E-state index contributed by atoms with van der Waals surface area (Å²) in [4.78, 5) is 11.8. The van der Waals surface area contributed by atoms with E-state index < -0.39 is 0 Å². The van der Waals surface area contributed by atoms with Crippen LogP contribution in [0.1, 0.15) is 19.0 Å². The molecule has 0 aliphatic heterocycles. The molecule has 0 unspecified atom stereocenters. The molecule has 2 rings (SSSR count). The van der Waals surface area contributed by atoms with E-state index in [1.165, 1.54) is 4.68 Å². The standard InChI is InChI=1S/C17H24N4O4/c1-3-24-10-6-9-18-17(22)12-21-11-14(19-20-21)13-25-16-8-5-4-7-15(16)23-2/h4-5,7-8,11H,3,6,9-10,12-13H2,1-2H3,(H,18,22). The maximum Gasteiger partial charge on any atom is 0.241 e. The lowest BCUT2D eigenvalue weighted by molar-refractivity contribution is -0.121. The van der Waals surface area contributed by atoms with Gasteiger partial charge in [-0.05, 0) is 25.5 Å². The Labute approximate surface area is 147 Å². The third-order valence-corrected chi connectivity index (χ3v) is 3.33. The molecule has 1 aromatic heterocycles. The minimum Gasteiger partial charge on any atom is -0.493 e. The molecule has 0 bridgehead atoms. The van der Waals surface area contributed by atoms with E-state index in [1.54, 1.807) is 13.3 Å². The summed E-state index contributed by atoms with van der Waals surface area (Å²) in [7, 11) is 1.59. The number of carbonyl (C=O) groups excluding carboxylic acids is 1. The van der Waals surface area contributed by atoms with Crippen molar-refractivity contribution in [2.24, 2.45) is 0 Å². The van der Waals surface area contributed by atoms with Crippen LogP contribution in [0.25, 0.3) is 0 Å². The van der Waals surface area contributed by atoms with E-state index in [-0.39, 0.29) is 19.1 Å². The van der Waals surface area contributed by atoms with Gasteiger partial charge >= 0.3 is 0 Å². The van der Waals surface area contributed by atoms with Crippen molar-refractivity contribution in [1.29, 1.82) is 0 Å². The molecule has 0 aliphatic carbocycles. The van der Waals surface area contributed by atoms with Gasteiger partial charge in [0.2, 0.25) is 5.91 Å². The Balaban J connectivity index is 1.75. The van der Waals surface area contributed by atoms with Crippen LogP contribution in [0.3, 0.4) is 0 Å². The Morgan fingerprint density at radius 2 is 2.08 bits per heavy atom. The smallest absolute Gasteiger partial charge is 0.241 e. The number of rotatable bonds is 11. The molecule has 8 nitrogen and oxygen atoms in total. The number of carbonyl (C=O) groups is 1. The van der Waals surface area contributed by atoms with Crippen LogP contribution in [0, 0.1) is 0 Å². The van der Waals surface area contributed by atoms with Gasteiger partial charge in [-0.3, -0.25) is 4.79 Å². The van der Waals surface area contributed by atoms with Gasteiger partial charge in [0.15, 0.2) is 11.5 Å². The molecule has 1 heterocycles. The molecule has 0 atom stereocenters. The van der Waals surface area contributed by atoms with Crippen molar-refractivity contribution in [2.45, 2.75) is 26.5 Å². The average Bonchev–Trinajstić information content (AvgIpc) is 3.07. The lowest BCUT2D eigenvalue weighted by Gasteiger charge is -2.08. The number of amides is 1. The van der Waals surface area contributed by atoms with E-state index in [9.17, 15) is 4.79 Å². The zero-order valence-electron chi connectivity index (χ0n) is 14.6. The zero-order valence-corrected chi connectivity index (χ0v) is 14.6. The van der Waals surface area contributed by atoms with Gasteiger partial charge in [0.25, 0.3) is 0 Å². The molecule has 1 aromatic carbocycles. The average molecular weight is 348 g/mol. The summed E-state index contributed by atoms with van der Waals surface area (Å²) in [5.74, 6) is 1.17. The molecule has 136 valence electrons. The zero-order chi connectivity index (χ0) is 17.9. The van der Waals surface area contributed by atoms with Crippen LogP contribution in [0.4, 0.5) is 0 Å². The molecule has 0 saturated carbocycles. The Morgan fingerprint density at radius 1 is 1.28 bits per heavy atom. The van der Waals surface area contributed by atoms with Crippen molar-refractivity contribution in [3.8, 4) is 11.5 Å². The molecule has 1 amide bonds. The predicted molar refractivity (Wildman–Crippen MR) is 91.5 cm³/mol. The molecule has 0 saturated heterocycles. The topological polar surface area (TPSA) is 87.5 Å². The SMILES string of the molecule is CCOCCCNC(=O)Cn1cc(COc2ccccc2OC)nn1. The first-order chi connectivity index (χ1) is 12.2. The Kier molecular flexibility index (Phi) is 7.71. The summed E-state index contributed by atoms with van der Waals surface area (Å²) >= 11 is 0. The van der Waals surface area contributed by atoms with Crippen molar-refractivity contribution >= 4 is 5.91 Å². The van der Waals surface area contributed by atoms with Gasteiger partial charge in [-0.15, -0.1) is 5.10 Å². The normalized spacial score (nSPS) is 10.5. The lowest BCUT2D eigenvalue weighted by Crippen LogP contribution is -2.29. The highest BCUT2D eigenvalue weighted by atomic mass is 16.5. The predicted octanol–water partition coefficient (Wildman–Crippen LogP) is 1.41. The molecule has 2 aromatic rings. The fourth-order valence-corrected chi connectivity index (χ4v) is 2.12. The van der Waals surface area contributed by atoms with Crippen molar-refractivity contribution in [1.82, 2.24) is 20.3 Å². The second-order valence-corrected chi connectivity index (χ2v) is 5.25. The minimum atomic E-state index is -0.112. The maximum atomic E-state index is 11.8. The van der Waals surface area contributed by atoms with Crippen LogP contribution in [-0.2, 0) is 22.7 Å². The first kappa shape index (κ1) is 18.7. The molecular formula is C17H24N4O4. The van der Waals surface area contributed by atoms with Gasteiger partial charge in [-0.25, -0.2) is 4.68 Å². The molecular weight excluding hydrogens is 324 g/mol. The summed E-state index contributed by atoms with van der Waals surface area (Å²) < 4.78 is 17.6. The molecule has 1 N–H and O–H groups in total. The molecule has 0 spiro atoms. The number of para-hydroxylation sites is 2. The van der Waals surface area contributed by atoms with Crippen LogP contribution < -0.4 is 14.8 Å². The molecule has 0 fully saturated rings. The van der Waals surface area contributed by atoms with E-state index in [0.717, 1.165) is 6.42 Å². The summed E-state index contributed by atoms with van der Waals surface area (Å²) in [6, 6.07) is 7.38. The second kappa shape index (κ2) is 10.3. The molecule has 25 heavy (non-hydrogen) atoms. The first-order valence-electron chi connectivity index (χ1n) is 8.22. The summed E-state index contributed by atoms with van der Waals surface area (Å²) in [5, 5.41) is 10.8. The lowest BCUT2D eigenvalue weighted by atomic mass is 10.3. The third kappa shape index (κ3) is 6.42.